The van der Waals surface area contributed by atoms with E-state index in [2.05, 4.69) is 0 Å². The molecule has 1 saturated heterocycles. The van der Waals surface area contributed by atoms with E-state index in [0.29, 0.717) is 0 Å². The highest BCUT2D eigenvalue weighted by Gasteiger charge is 2.75. The molecule has 1 nitrogen and oxygen atoms in total. The Hall–Kier alpha value is -0.530. The van der Waals surface area contributed by atoms with Gasteiger partial charge in [-0.3, -0.25) is 0 Å². The Labute approximate surface area is 80.6 Å². The summed E-state index contributed by atoms with van der Waals surface area (Å²) in [6, 6.07) is -2.12. The van der Waals surface area contributed by atoms with Gasteiger partial charge in [0.15, 0.2) is 0 Å². The van der Waals surface area contributed by atoms with Crippen LogP contribution in [0.2, 0.25) is 0 Å². The topological polar surface area (TPSA) is 12.0 Å². The van der Waals surface area contributed by atoms with Crippen LogP contribution in [0.5, 0.6) is 0 Å². The first-order chi connectivity index (χ1) is 6.61. The van der Waals surface area contributed by atoms with Crippen LogP contribution < -0.4 is 5.32 Å². The number of nitrogens with one attached hydrogen (secondary N) is 1. The second-order valence-corrected chi connectivity index (χ2v) is 3.34. The van der Waals surface area contributed by atoms with Crippen molar-refractivity contribution in [1.29, 1.82) is 0 Å². The minimum absolute atomic E-state index is 0.0220. The lowest BCUT2D eigenvalue weighted by Crippen LogP contribution is -2.60. The summed E-state index contributed by atoms with van der Waals surface area (Å²) in [4.78, 5) is 0. The van der Waals surface area contributed by atoms with Gasteiger partial charge in [-0.05, 0) is 19.4 Å². The summed E-state index contributed by atoms with van der Waals surface area (Å²) >= 11 is 0. The quantitative estimate of drug-likeness (QED) is 0.730. The predicted octanol–water partition coefficient (Wildman–Crippen LogP) is 2.57. The molecule has 1 aliphatic heterocycles. The van der Waals surface area contributed by atoms with E-state index >= 15 is 0 Å². The SMILES string of the molecule is FC(F)(F)C(F)(F)C(F)(F)[C@@H]1CCCN1. The first-order valence-corrected chi connectivity index (χ1v) is 4.16. The molecule has 0 unspecified atom stereocenters. The maximum atomic E-state index is 12.9. The Bertz CT molecular complexity index is 228. The molecular formula is C7H8F7N. The van der Waals surface area contributed by atoms with Crippen molar-refractivity contribution in [1.82, 2.24) is 5.32 Å². The Balaban J connectivity index is 2.92. The Morgan fingerprint density at radius 3 is 1.80 bits per heavy atom. The van der Waals surface area contributed by atoms with Crippen LogP contribution >= 0.6 is 0 Å². The van der Waals surface area contributed by atoms with Crippen molar-refractivity contribution in [3.8, 4) is 0 Å². The lowest BCUT2D eigenvalue weighted by molar-refractivity contribution is -0.359. The molecule has 0 aromatic rings. The maximum absolute atomic E-state index is 12.9. The van der Waals surface area contributed by atoms with E-state index in [1.165, 1.54) is 0 Å². The molecule has 0 saturated carbocycles. The van der Waals surface area contributed by atoms with Crippen molar-refractivity contribution in [2.75, 3.05) is 6.54 Å². The molecule has 15 heavy (non-hydrogen) atoms. The van der Waals surface area contributed by atoms with Gasteiger partial charge in [0.25, 0.3) is 0 Å². The van der Waals surface area contributed by atoms with Gasteiger partial charge in [0.2, 0.25) is 0 Å². The van der Waals surface area contributed by atoms with E-state index in [0.717, 1.165) is 0 Å². The Kier molecular flexibility index (Phi) is 2.92. The monoisotopic (exact) mass is 239 g/mol. The van der Waals surface area contributed by atoms with Gasteiger partial charge in [0, 0.05) is 0 Å². The third-order valence-corrected chi connectivity index (χ3v) is 2.27. The van der Waals surface area contributed by atoms with Gasteiger partial charge < -0.3 is 5.32 Å². The summed E-state index contributed by atoms with van der Waals surface area (Å²) in [5, 5.41) is 1.95. The van der Waals surface area contributed by atoms with Gasteiger partial charge in [-0.2, -0.15) is 30.7 Å². The van der Waals surface area contributed by atoms with E-state index in [-0.39, 0.29) is 13.0 Å². The lowest BCUT2D eigenvalue weighted by atomic mass is 10.0. The van der Waals surface area contributed by atoms with Crippen molar-refractivity contribution >= 4 is 0 Å². The first kappa shape index (κ1) is 12.5. The number of alkyl halides is 7. The van der Waals surface area contributed by atoms with Crippen molar-refractivity contribution in [3.05, 3.63) is 0 Å². The molecule has 0 aromatic heterocycles. The predicted molar refractivity (Wildman–Crippen MR) is 37.0 cm³/mol. The highest BCUT2D eigenvalue weighted by atomic mass is 19.4. The summed E-state index contributed by atoms with van der Waals surface area (Å²) in [5.41, 5.74) is 0. The van der Waals surface area contributed by atoms with E-state index in [1.54, 1.807) is 0 Å². The van der Waals surface area contributed by atoms with Gasteiger partial charge in [0.1, 0.15) is 0 Å². The molecule has 1 atom stereocenters. The van der Waals surface area contributed by atoms with Crippen molar-refractivity contribution in [3.63, 3.8) is 0 Å². The normalized spacial score (nSPS) is 24.6. The average Bonchev–Trinajstić information content (AvgIpc) is 2.53. The molecule has 1 rings (SSSR count). The lowest BCUT2D eigenvalue weighted by Gasteiger charge is -2.32. The zero-order valence-corrected chi connectivity index (χ0v) is 7.34. The second-order valence-electron chi connectivity index (χ2n) is 3.34. The Morgan fingerprint density at radius 1 is 0.933 bits per heavy atom. The molecular weight excluding hydrogens is 231 g/mol. The largest absolute Gasteiger partial charge is 0.459 e. The minimum atomic E-state index is -6.24. The van der Waals surface area contributed by atoms with E-state index in [9.17, 15) is 30.7 Å². The van der Waals surface area contributed by atoms with E-state index < -0.39 is 30.5 Å². The number of halogens is 7. The van der Waals surface area contributed by atoms with Crippen molar-refractivity contribution in [2.24, 2.45) is 0 Å². The fourth-order valence-electron chi connectivity index (χ4n) is 1.40. The molecule has 8 heteroatoms. The van der Waals surface area contributed by atoms with Crippen LogP contribution in [0.3, 0.4) is 0 Å². The maximum Gasteiger partial charge on any atom is 0.459 e. The van der Waals surface area contributed by atoms with Crippen LogP contribution in [0.15, 0.2) is 0 Å². The molecule has 1 fully saturated rings. The minimum Gasteiger partial charge on any atom is -0.308 e. The van der Waals surface area contributed by atoms with Gasteiger partial charge in [0.05, 0.1) is 6.04 Å². The van der Waals surface area contributed by atoms with Gasteiger partial charge >= 0.3 is 18.0 Å². The summed E-state index contributed by atoms with van der Waals surface area (Å²) in [6.07, 6.45) is -6.46. The number of hydrogen-bond acceptors (Lipinski definition) is 1. The number of rotatable bonds is 2. The molecule has 90 valence electrons. The standard InChI is InChI=1S/C7H8F7N/c8-5(9,4-2-1-3-15-4)6(10,11)7(12,13)14/h4,15H,1-3H2/t4-/m0/s1. The summed E-state index contributed by atoms with van der Waals surface area (Å²) < 4.78 is 85.8. The van der Waals surface area contributed by atoms with Gasteiger partial charge in [-0.15, -0.1) is 0 Å². The van der Waals surface area contributed by atoms with Crippen LogP contribution in [-0.2, 0) is 0 Å². The molecule has 0 radical (unpaired) electrons. The average molecular weight is 239 g/mol. The molecule has 0 bridgehead atoms. The highest BCUT2D eigenvalue weighted by molar-refractivity contribution is 5.00. The van der Waals surface area contributed by atoms with Crippen LogP contribution in [0, 0.1) is 0 Å². The first-order valence-electron chi connectivity index (χ1n) is 4.16. The zero-order chi connectivity index (χ0) is 11.9. The van der Waals surface area contributed by atoms with Crippen LogP contribution in [0.4, 0.5) is 30.7 Å². The van der Waals surface area contributed by atoms with Crippen LogP contribution in [0.25, 0.3) is 0 Å². The van der Waals surface area contributed by atoms with Crippen molar-refractivity contribution < 1.29 is 30.7 Å². The van der Waals surface area contributed by atoms with E-state index in [1.807, 2.05) is 5.32 Å². The van der Waals surface area contributed by atoms with Gasteiger partial charge in [-0.25, -0.2) is 0 Å². The Morgan fingerprint density at radius 2 is 1.47 bits per heavy atom. The van der Waals surface area contributed by atoms with Gasteiger partial charge in [-0.1, -0.05) is 0 Å². The molecule has 0 aliphatic carbocycles. The number of hydrogen-bond donors (Lipinski definition) is 1. The third-order valence-electron chi connectivity index (χ3n) is 2.27. The van der Waals surface area contributed by atoms with E-state index in [4.69, 9.17) is 0 Å². The summed E-state index contributed by atoms with van der Waals surface area (Å²) in [7, 11) is 0. The molecule has 0 aromatic carbocycles. The fourth-order valence-corrected chi connectivity index (χ4v) is 1.40. The molecule has 1 N–H and O–H groups in total. The van der Waals surface area contributed by atoms with Crippen LogP contribution in [-0.4, -0.2) is 30.6 Å². The molecule has 1 aliphatic rings. The fraction of sp³-hybridized carbons (Fsp3) is 1.00. The van der Waals surface area contributed by atoms with Crippen LogP contribution in [0.1, 0.15) is 12.8 Å². The molecule has 1 heterocycles. The highest BCUT2D eigenvalue weighted by Crippen LogP contribution is 2.49. The molecule has 0 spiro atoms. The molecule has 0 amide bonds. The summed E-state index contributed by atoms with van der Waals surface area (Å²) in [6.45, 7) is 0.0220. The third kappa shape index (κ3) is 1.91. The summed E-state index contributed by atoms with van der Waals surface area (Å²) in [5.74, 6) is -11.1. The zero-order valence-electron chi connectivity index (χ0n) is 7.34. The smallest absolute Gasteiger partial charge is 0.308 e. The van der Waals surface area contributed by atoms with Crippen molar-refractivity contribution in [2.45, 2.75) is 36.9 Å². The second kappa shape index (κ2) is 3.50.